The van der Waals surface area contributed by atoms with Crippen LogP contribution >= 0.6 is 11.6 Å². The summed E-state index contributed by atoms with van der Waals surface area (Å²) < 4.78 is 14.3. The van der Waals surface area contributed by atoms with Gasteiger partial charge in [0.15, 0.2) is 0 Å². The van der Waals surface area contributed by atoms with Crippen LogP contribution in [0.3, 0.4) is 0 Å². The van der Waals surface area contributed by atoms with Gasteiger partial charge in [0.05, 0.1) is 5.69 Å². The van der Waals surface area contributed by atoms with E-state index in [4.69, 9.17) is 11.6 Å². The van der Waals surface area contributed by atoms with Gasteiger partial charge in [-0.05, 0) is 43.3 Å². The molecule has 0 bridgehead atoms. The van der Waals surface area contributed by atoms with Crippen molar-refractivity contribution in [3.8, 4) is 11.3 Å². The molecular weight excluding hydrogens is 327 g/mol. The van der Waals surface area contributed by atoms with Crippen molar-refractivity contribution in [3.63, 3.8) is 0 Å². The number of hydrogen-bond acceptors (Lipinski definition) is 4. The maximum absolute atomic E-state index is 14.3. The molecule has 1 aromatic carbocycles. The lowest BCUT2D eigenvalue weighted by Gasteiger charge is -2.26. The van der Waals surface area contributed by atoms with Crippen molar-refractivity contribution in [3.05, 3.63) is 70.8 Å². The van der Waals surface area contributed by atoms with Gasteiger partial charge in [0.1, 0.15) is 18.3 Å². The number of pyridine rings is 1. The molecule has 4 rings (SSSR count). The highest BCUT2D eigenvalue weighted by Gasteiger charge is 2.24. The minimum absolute atomic E-state index is 0.348. The van der Waals surface area contributed by atoms with Crippen LogP contribution in [-0.2, 0) is 0 Å². The Hall–Kier alpha value is -2.50. The second-order valence-electron chi connectivity index (χ2n) is 5.52. The minimum atomic E-state index is -0.348. The smallest absolute Gasteiger partial charge is 0.143 e. The van der Waals surface area contributed by atoms with E-state index in [1.54, 1.807) is 12.3 Å². The molecule has 6 heteroatoms. The van der Waals surface area contributed by atoms with Gasteiger partial charge in [-0.2, -0.15) is 0 Å². The largest absolute Gasteiger partial charge is 0.262 e. The quantitative estimate of drug-likeness (QED) is 0.897. The van der Waals surface area contributed by atoms with Gasteiger partial charge in [-0.25, -0.2) is 14.8 Å². The number of rotatable bonds is 2. The normalized spacial score (nSPS) is 16.5. The van der Waals surface area contributed by atoms with Crippen LogP contribution in [0.15, 0.2) is 59.4 Å². The second-order valence-corrected chi connectivity index (χ2v) is 5.96. The summed E-state index contributed by atoms with van der Waals surface area (Å²) in [6, 6.07) is 8.28. The van der Waals surface area contributed by atoms with Crippen LogP contribution in [0.1, 0.15) is 12.5 Å². The van der Waals surface area contributed by atoms with Crippen molar-refractivity contribution in [2.24, 2.45) is 4.99 Å². The summed E-state index contributed by atoms with van der Waals surface area (Å²) in [6.07, 6.45) is 5.58. The lowest BCUT2D eigenvalue weighted by molar-refractivity contribution is 0.420. The second kappa shape index (κ2) is 5.85. The molecule has 2 aliphatic heterocycles. The molecule has 0 amide bonds. The number of benzene rings is 1. The van der Waals surface area contributed by atoms with Crippen molar-refractivity contribution in [2.75, 3.05) is 6.67 Å². The standard InChI is InChI=1S/C18H14ClFN4/c1-11-13(5-7-17-22-10-23-24(11)17)14-3-2-8-21-18(14)15-9-12(19)4-6-16(15)20/h2-9,23H,10H2,1H3. The van der Waals surface area contributed by atoms with Crippen LogP contribution in [0, 0.1) is 5.82 Å². The Kier molecular flexibility index (Phi) is 3.67. The number of nitrogens with zero attached hydrogens (tertiary/aromatic N) is 3. The summed E-state index contributed by atoms with van der Waals surface area (Å²) in [5.74, 6) is 0.523. The summed E-state index contributed by atoms with van der Waals surface area (Å²) in [5.41, 5.74) is 6.95. The number of aliphatic imine (C=N–C) groups is 1. The zero-order chi connectivity index (χ0) is 16.7. The monoisotopic (exact) mass is 340 g/mol. The number of aromatic nitrogens is 1. The number of halogens is 2. The lowest BCUT2D eigenvalue weighted by atomic mass is 9.96. The van der Waals surface area contributed by atoms with E-state index in [1.807, 2.05) is 36.2 Å². The van der Waals surface area contributed by atoms with E-state index in [1.165, 1.54) is 12.1 Å². The molecular formula is C18H14ClFN4. The average Bonchev–Trinajstić information content (AvgIpc) is 3.07. The number of hydrazine groups is 1. The molecule has 1 aromatic heterocycles. The number of hydrogen-bond donors (Lipinski definition) is 1. The molecule has 0 atom stereocenters. The van der Waals surface area contributed by atoms with Gasteiger partial charge in [0.25, 0.3) is 0 Å². The highest BCUT2D eigenvalue weighted by Crippen LogP contribution is 2.34. The van der Waals surface area contributed by atoms with Crippen molar-refractivity contribution in [2.45, 2.75) is 6.92 Å². The topological polar surface area (TPSA) is 40.5 Å². The fourth-order valence-electron chi connectivity index (χ4n) is 2.96. The van der Waals surface area contributed by atoms with Crippen molar-refractivity contribution in [1.29, 1.82) is 0 Å². The fourth-order valence-corrected chi connectivity index (χ4v) is 3.13. The van der Waals surface area contributed by atoms with Gasteiger partial charge < -0.3 is 0 Å². The number of allylic oxidation sites excluding steroid dienone is 3. The highest BCUT2D eigenvalue weighted by atomic mass is 35.5. The third kappa shape index (κ3) is 2.42. The number of fused-ring (bicyclic) bond motifs is 1. The summed E-state index contributed by atoms with van der Waals surface area (Å²) >= 11 is 6.05. The zero-order valence-corrected chi connectivity index (χ0v) is 13.7. The van der Waals surface area contributed by atoms with Crippen molar-refractivity contribution in [1.82, 2.24) is 15.4 Å². The van der Waals surface area contributed by atoms with Crippen molar-refractivity contribution >= 4 is 23.0 Å². The molecule has 4 nitrogen and oxygen atoms in total. The van der Waals surface area contributed by atoms with Gasteiger partial charge in [-0.1, -0.05) is 17.7 Å². The Morgan fingerprint density at radius 2 is 2.08 bits per heavy atom. The maximum Gasteiger partial charge on any atom is 0.143 e. The molecule has 0 saturated heterocycles. The molecule has 0 unspecified atom stereocenters. The zero-order valence-electron chi connectivity index (χ0n) is 12.9. The van der Waals surface area contributed by atoms with Gasteiger partial charge >= 0.3 is 0 Å². The van der Waals surface area contributed by atoms with Gasteiger partial charge in [-0.3, -0.25) is 9.99 Å². The van der Waals surface area contributed by atoms with Crippen LogP contribution in [0.25, 0.3) is 16.8 Å². The Bertz CT molecular complexity index is 917. The predicted molar refractivity (Wildman–Crippen MR) is 93.7 cm³/mol. The van der Waals surface area contributed by atoms with Crippen LogP contribution in [0.2, 0.25) is 5.02 Å². The average molecular weight is 341 g/mol. The third-order valence-corrected chi connectivity index (χ3v) is 4.34. The molecule has 2 aliphatic rings. The van der Waals surface area contributed by atoms with E-state index in [9.17, 15) is 4.39 Å². The molecule has 0 radical (unpaired) electrons. The van der Waals surface area contributed by atoms with E-state index in [0.29, 0.717) is 22.9 Å². The SMILES string of the molecule is CC1=C(c2cccnc2-c2cc(Cl)ccc2F)C=CC2=NCNN21. The first-order valence-electron chi connectivity index (χ1n) is 7.53. The van der Waals surface area contributed by atoms with E-state index in [2.05, 4.69) is 15.4 Å². The molecule has 24 heavy (non-hydrogen) atoms. The molecule has 120 valence electrons. The third-order valence-electron chi connectivity index (χ3n) is 4.10. The summed E-state index contributed by atoms with van der Waals surface area (Å²) in [7, 11) is 0. The molecule has 0 aliphatic carbocycles. The Morgan fingerprint density at radius 1 is 1.21 bits per heavy atom. The van der Waals surface area contributed by atoms with Crippen LogP contribution in [-0.4, -0.2) is 22.5 Å². The summed E-state index contributed by atoms with van der Waals surface area (Å²) in [5, 5.41) is 2.41. The minimum Gasteiger partial charge on any atom is -0.262 e. The maximum atomic E-state index is 14.3. The van der Waals surface area contributed by atoms with Crippen LogP contribution < -0.4 is 5.43 Å². The predicted octanol–water partition coefficient (Wildman–Crippen LogP) is 4.02. The van der Waals surface area contributed by atoms with Crippen LogP contribution in [0.5, 0.6) is 0 Å². The Morgan fingerprint density at radius 3 is 2.96 bits per heavy atom. The summed E-state index contributed by atoms with van der Waals surface area (Å²) in [6.45, 7) is 2.55. The van der Waals surface area contributed by atoms with E-state index >= 15 is 0 Å². The van der Waals surface area contributed by atoms with Gasteiger partial charge in [0.2, 0.25) is 0 Å². The first kappa shape index (κ1) is 15.1. The molecule has 1 N–H and O–H groups in total. The molecule has 0 spiro atoms. The molecule has 0 fully saturated rings. The van der Waals surface area contributed by atoms with E-state index < -0.39 is 0 Å². The van der Waals surface area contributed by atoms with Gasteiger partial charge in [-0.15, -0.1) is 0 Å². The molecule has 3 heterocycles. The fraction of sp³-hybridized carbons (Fsp3) is 0.111. The van der Waals surface area contributed by atoms with Gasteiger partial charge in [0, 0.05) is 33.6 Å². The van der Waals surface area contributed by atoms with E-state index in [-0.39, 0.29) is 5.82 Å². The Balaban J connectivity index is 1.89. The van der Waals surface area contributed by atoms with Crippen molar-refractivity contribution < 1.29 is 4.39 Å². The first-order chi connectivity index (χ1) is 11.6. The number of amidine groups is 1. The van der Waals surface area contributed by atoms with Crippen LogP contribution in [0.4, 0.5) is 4.39 Å². The highest BCUT2D eigenvalue weighted by molar-refractivity contribution is 6.30. The van der Waals surface area contributed by atoms with E-state index in [0.717, 1.165) is 22.7 Å². The molecule has 0 saturated carbocycles. The lowest BCUT2D eigenvalue weighted by Crippen LogP contribution is -2.36. The Labute approximate surface area is 144 Å². The number of nitrogens with one attached hydrogen (secondary N) is 1. The first-order valence-corrected chi connectivity index (χ1v) is 7.91. The summed E-state index contributed by atoms with van der Waals surface area (Å²) in [4.78, 5) is 8.77. The molecule has 2 aromatic rings.